The van der Waals surface area contributed by atoms with Crippen LogP contribution in [0, 0.1) is 0 Å². The molecule has 12 heteroatoms. The van der Waals surface area contributed by atoms with E-state index in [-0.39, 0.29) is 12.4 Å². The fraction of sp³-hybridized carbons (Fsp3) is 0.391. The summed E-state index contributed by atoms with van der Waals surface area (Å²) in [6, 6.07) is 7.03. The maximum Gasteiger partial charge on any atom is 0.314 e. The van der Waals surface area contributed by atoms with Crippen LogP contribution >= 0.6 is 23.2 Å². The minimum absolute atomic E-state index is 0.0573. The van der Waals surface area contributed by atoms with Crippen LogP contribution in [-0.2, 0) is 11.3 Å². The zero-order chi connectivity index (χ0) is 25.1. The SMILES string of the molecule is CN1CCC(N(C)c2cc(Cl)c(Cl)cc2N(C=O)Cc2ccc(-c3nnc(C(F)F)o3)cn2)CC1. The Balaban J connectivity index is 1.57. The second-order valence-electron chi connectivity index (χ2n) is 8.42. The molecule has 1 saturated heterocycles. The number of piperidine rings is 1. The van der Waals surface area contributed by atoms with Crippen LogP contribution < -0.4 is 9.80 Å². The van der Waals surface area contributed by atoms with E-state index in [2.05, 4.69) is 32.0 Å². The van der Waals surface area contributed by atoms with Gasteiger partial charge in [-0.25, -0.2) is 0 Å². The second-order valence-corrected chi connectivity index (χ2v) is 9.23. The highest BCUT2D eigenvalue weighted by molar-refractivity contribution is 6.42. The van der Waals surface area contributed by atoms with Gasteiger partial charge in [-0.05, 0) is 57.2 Å². The van der Waals surface area contributed by atoms with Gasteiger partial charge in [0.05, 0.1) is 39.2 Å². The van der Waals surface area contributed by atoms with Crippen molar-refractivity contribution in [2.24, 2.45) is 0 Å². The number of hydrogen-bond acceptors (Lipinski definition) is 7. The topological polar surface area (TPSA) is 78.6 Å². The molecule has 1 aliphatic heterocycles. The number of likely N-dealkylation sites (tertiary alicyclic amines) is 1. The van der Waals surface area contributed by atoms with Gasteiger partial charge in [0, 0.05) is 19.3 Å². The minimum atomic E-state index is -2.85. The molecule has 3 aromatic rings. The van der Waals surface area contributed by atoms with Crippen LogP contribution in [0.3, 0.4) is 0 Å². The highest BCUT2D eigenvalue weighted by Gasteiger charge is 2.25. The van der Waals surface area contributed by atoms with Gasteiger partial charge < -0.3 is 19.1 Å². The van der Waals surface area contributed by atoms with Crippen molar-refractivity contribution >= 4 is 41.0 Å². The standard InChI is InChI=1S/C23H24Cl2F2N6O2/c1-31-7-5-16(6-8-31)32(2)19-9-17(24)18(25)10-20(19)33(13-34)12-15-4-3-14(11-28-15)22-29-30-23(35-22)21(26)27/h3-4,9-11,13,16,21H,5-8,12H2,1-2H3. The van der Waals surface area contributed by atoms with Crippen LogP contribution in [0.1, 0.15) is 30.9 Å². The van der Waals surface area contributed by atoms with Crippen LogP contribution in [0.2, 0.25) is 10.0 Å². The number of carbonyl (C=O) groups is 1. The molecule has 2 aromatic heterocycles. The molecule has 1 aromatic carbocycles. The molecular weight excluding hydrogens is 501 g/mol. The number of pyridine rings is 1. The number of halogens is 4. The number of hydrogen-bond donors (Lipinski definition) is 0. The molecular formula is C23H24Cl2F2N6O2. The van der Waals surface area contributed by atoms with Crippen molar-refractivity contribution in [2.45, 2.75) is 31.9 Å². The average Bonchev–Trinajstić information content (AvgIpc) is 3.35. The first kappa shape index (κ1) is 25.3. The molecule has 8 nitrogen and oxygen atoms in total. The summed E-state index contributed by atoms with van der Waals surface area (Å²) < 4.78 is 30.4. The fourth-order valence-electron chi connectivity index (χ4n) is 4.06. The Morgan fingerprint density at radius 1 is 1.17 bits per heavy atom. The van der Waals surface area contributed by atoms with E-state index in [0.717, 1.165) is 31.6 Å². The van der Waals surface area contributed by atoms with Gasteiger partial charge in [0.1, 0.15) is 0 Å². The summed E-state index contributed by atoms with van der Waals surface area (Å²) in [4.78, 5) is 22.4. The van der Waals surface area contributed by atoms with Gasteiger partial charge in [0.15, 0.2) is 0 Å². The first-order valence-electron chi connectivity index (χ1n) is 11.0. The minimum Gasteiger partial charge on any atom is -0.415 e. The Morgan fingerprint density at radius 2 is 1.86 bits per heavy atom. The quantitative estimate of drug-likeness (QED) is 0.380. The zero-order valence-corrected chi connectivity index (χ0v) is 20.7. The van der Waals surface area contributed by atoms with Crippen LogP contribution in [0.4, 0.5) is 20.2 Å². The lowest BCUT2D eigenvalue weighted by molar-refractivity contribution is -0.107. The summed E-state index contributed by atoms with van der Waals surface area (Å²) in [7, 11) is 4.09. The van der Waals surface area contributed by atoms with E-state index in [9.17, 15) is 13.6 Å². The Hall–Kier alpha value is -2.82. The number of alkyl halides is 2. The second kappa shape index (κ2) is 10.8. The molecule has 0 bridgehead atoms. The zero-order valence-electron chi connectivity index (χ0n) is 19.2. The normalized spacial score (nSPS) is 14.9. The third-order valence-electron chi connectivity index (χ3n) is 6.10. The maximum absolute atomic E-state index is 12.7. The fourth-order valence-corrected chi connectivity index (χ4v) is 4.37. The number of nitrogens with zero attached hydrogens (tertiary/aromatic N) is 6. The van der Waals surface area contributed by atoms with Gasteiger partial charge in [-0.3, -0.25) is 9.78 Å². The molecule has 0 saturated carbocycles. The van der Waals surface area contributed by atoms with Gasteiger partial charge in [-0.15, -0.1) is 10.2 Å². The number of carbonyl (C=O) groups excluding carboxylic acids is 1. The van der Waals surface area contributed by atoms with Gasteiger partial charge in [-0.1, -0.05) is 23.2 Å². The third kappa shape index (κ3) is 5.71. The number of rotatable bonds is 8. The van der Waals surface area contributed by atoms with Crippen LogP contribution in [0.5, 0.6) is 0 Å². The van der Waals surface area contributed by atoms with Crippen molar-refractivity contribution in [1.82, 2.24) is 20.1 Å². The smallest absolute Gasteiger partial charge is 0.314 e. The van der Waals surface area contributed by atoms with Crippen molar-refractivity contribution in [3.05, 3.63) is 52.1 Å². The predicted molar refractivity (Wildman–Crippen MR) is 130 cm³/mol. The van der Waals surface area contributed by atoms with E-state index in [4.69, 9.17) is 27.6 Å². The van der Waals surface area contributed by atoms with Crippen LogP contribution in [-0.4, -0.2) is 59.7 Å². The van der Waals surface area contributed by atoms with Gasteiger partial charge in [-0.2, -0.15) is 8.78 Å². The van der Waals surface area contributed by atoms with Gasteiger partial charge >= 0.3 is 6.43 Å². The van der Waals surface area contributed by atoms with Crippen molar-refractivity contribution in [3.63, 3.8) is 0 Å². The van der Waals surface area contributed by atoms with Crippen molar-refractivity contribution < 1.29 is 18.0 Å². The number of amides is 1. The largest absolute Gasteiger partial charge is 0.415 e. The summed E-state index contributed by atoms with van der Waals surface area (Å²) >= 11 is 12.7. The molecule has 186 valence electrons. The molecule has 4 rings (SSSR count). The van der Waals surface area contributed by atoms with E-state index in [0.29, 0.717) is 39.4 Å². The highest BCUT2D eigenvalue weighted by atomic mass is 35.5. The monoisotopic (exact) mass is 524 g/mol. The summed E-state index contributed by atoms with van der Waals surface area (Å²) in [5, 5.41) is 7.68. The van der Waals surface area contributed by atoms with Crippen LogP contribution in [0.25, 0.3) is 11.5 Å². The Kier molecular flexibility index (Phi) is 7.83. The average molecular weight is 525 g/mol. The number of aromatic nitrogens is 3. The summed E-state index contributed by atoms with van der Waals surface area (Å²) in [6.07, 6.45) is 1.27. The summed E-state index contributed by atoms with van der Waals surface area (Å²) in [6.45, 7) is 2.12. The van der Waals surface area contributed by atoms with Crippen LogP contribution in [0.15, 0.2) is 34.9 Å². The van der Waals surface area contributed by atoms with E-state index < -0.39 is 12.3 Å². The maximum atomic E-state index is 12.7. The first-order valence-corrected chi connectivity index (χ1v) is 11.7. The Morgan fingerprint density at radius 3 is 2.43 bits per heavy atom. The molecule has 1 fully saturated rings. The van der Waals surface area contributed by atoms with Crippen molar-refractivity contribution in [3.8, 4) is 11.5 Å². The molecule has 0 aliphatic carbocycles. The molecule has 0 unspecified atom stereocenters. The summed E-state index contributed by atoms with van der Waals surface area (Å²) in [5.41, 5.74) is 2.36. The van der Waals surface area contributed by atoms with E-state index in [1.807, 2.05) is 7.05 Å². The van der Waals surface area contributed by atoms with Gasteiger partial charge in [0.2, 0.25) is 12.3 Å². The van der Waals surface area contributed by atoms with Gasteiger partial charge in [0.25, 0.3) is 5.89 Å². The molecule has 0 atom stereocenters. The van der Waals surface area contributed by atoms with E-state index >= 15 is 0 Å². The number of benzene rings is 1. The van der Waals surface area contributed by atoms with E-state index in [1.54, 1.807) is 24.3 Å². The Bertz CT molecular complexity index is 1170. The van der Waals surface area contributed by atoms with Crippen molar-refractivity contribution in [1.29, 1.82) is 0 Å². The number of anilines is 2. The Labute approximate surface area is 211 Å². The molecule has 0 spiro atoms. The predicted octanol–water partition coefficient (Wildman–Crippen LogP) is 5.07. The molecule has 0 radical (unpaired) electrons. The molecule has 35 heavy (non-hydrogen) atoms. The third-order valence-corrected chi connectivity index (χ3v) is 6.82. The molecule has 3 heterocycles. The molecule has 1 amide bonds. The van der Waals surface area contributed by atoms with Crippen molar-refractivity contribution in [2.75, 3.05) is 37.0 Å². The molecule has 1 aliphatic rings. The first-order chi connectivity index (χ1) is 16.8. The lowest BCUT2D eigenvalue weighted by atomic mass is 10.0. The van der Waals surface area contributed by atoms with E-state index in [1.165, 1.54) is 11.1 Å². The highest BCUT2D eigenvalue weighted by Crippen LogP contribution is 2.38. The lowest BCUT2D eigenvalue weighted by Crippen LogP contribution is -2.42. The summed E-state index contributed by atoms with van der Waals surface area (Å²) in [5.74, 6) is -0.810. The molecule has 0 N–H and O–H groups in total. The lowest BCUT2D eigenvalue weighted by Gasteiger charge is -2.38.